The largest absolute Gasteiger partial charge is 0.304 e. The topological polar surface area (TPSA) is 9.72 Å². The molecule has 2 fully saturated rings. The first-order chi connectivity index (χ1) is 11.6. The lowest BCUT2D eigenvalue weighted by atomic mass is 9.89. The molecule has 2 heterocycles. The second-order valence-electron chi connectivity index (χ2n) is 7.64. The van der Waals surface area contributed by atoms with Gasteiger partial charge in [0, 0.05) is 38.8 Å². The van der Waals surface area contributed by atoms with E-state index < -0.39 is 0 Å². The fourth-order valence-electron chi connectivity index (χ4n) is 4.12. The molecule has 1 atom stereocenters. The summed E-state index contributed by atoms with van der Waals surface area (Å²) in [5.41, 5.74) is 1.24. The molecule has 0 aliphatic carbocycles. The SMILES string of the molecule is CC(C1CCN(CCc2ccc(F)cc2)CC1)N1CCN(C)CC1. The van der Waals surface area contributed by atoms with Gasteiger partial charge in [-0.1, -0.05) is 12.1 Å². The van der Waals surface area contributed by atoms with E-state index in [9.17, 15) is 4.39 Å². The van der Waals surface area contributed by atoms with Crippen LogP contribution in [0.3, 0.4) is 0 Å². The van der Waals surface area contributed by atoms with Gasteiger partial charge in [0.05, 0.1) is 0 Å². The van der Waals surface area contributed by atoms with Crippen molar-refractivity contribution in [1.82, 2.24) is 14.7 Å². The Kier molecular flexibility index (Phi) is 6.25. The highest BCUT2D eigenvalue weighted by molar-refractivity contribution is 5.16. The molecule has 3 nitrogen and oxygen atoms in total. The predicted molar refractivity (Wildman–Crippen MR) is 97.8 cm³/mol. The van der Waals surface area contributed by atoms with Crippen molar-refractivity contribution in [2.45, 2.75) is 32.2 Å². The molecule has 0 bridgehead atoms. The molecule has 2 aliphatic heterocycles. The lowest BCUT2D eigenvalue weighted by molar-refractivity contribution is 0.0615. The molecule has 2 aliphatic rings. The second-order valence-corrected chi connectivity index (χ2v) is 7.64. The Morgan fingerprint density at radius 3 is 2.25 bits per heavy atom. The summed E-state index contributed by atoms with van der Waals surface area (Å²) in [6.07, 6.45) is 3.66. The third-order valence-electron chi connectivity index (χ3n) is 6.06. The van der Waals surface area contributed by atoms with Crippen LogP contribution in [0.1, 0.15) is 25.3 Å². The highest BCUT2D eigenvalue weighted by atomic mass is 19.1. The molecule has 0 saturated carbocycles. The summed E-state index contributed by atoms with van der Waals surface area (Å²) in [4.78, 5) is 7.71. The van der Waals surface area contributed by atoms with Crippen molar-refractivity contribution in [3.05, 3.63) is 35.6 Å². The van der Waals surface area contributed by atoms with E-state index in [1.807, 2.05) is 12.1 Å². The number of benzene rings is 1. The molecule has 1 unspecified atom stereocenters. The van der Waals surface area contributed by atoms with E-state index >= 15 is 0 Å². The average Bonchev–Trinajstić information content (AvgIpc) is 2.62. The Bertz CT molecular complexity index is 488. The molecule has 2 saturated heterocycles. The molecule has 0 aromatic heterocycles. The van der Waals surface area contributed by atoms with Crippen LogP contribution in [0.15, 0.2) is 24.3 Å². The standard InChI is InChI=1S/C20H32FN3/c1-17(24-15-13-22(2)14-16-24)19-8-11-23(12-9-19)10-7-18-3-5-20(21)6-4-18/h3-6,17,19H,7-16H2,1-2H3. The Morgan fingerprint density at radius 2 is 1.62 bits per heavy atom. The molecule has 0 radical (unpaired) electrons. The van der Waals surface area contributed by atoms with Crippen LogP contribution in [-0.2, 0) is 6.42 Å². The van der Waals surface area contributed by atoms with Crippen LogP contribution < -0.4 is 0 Å². The van der Waals surface area contributed by atoms with Gasteiger partial charge in [0.15, 0.2) is 0 Å². The van der Waals surface area contributed by atoms with E-state index in [4.69, 9.17) is 0 Å². The van der Waals surface area contributed by atoms with Gasteiger partial charge in [-0.05, 0) is 69.9 Å². The van der Waals surface area contributed by atoms with Crippen molar-refractivity contribution >= 4 is 0 Å². The Hall–Kier alpha value is -0.970. The fourth-order valence-corrected chi connectivity index (χ4v) is 4.12. The Balaban J connectivity index is 1.39. The first-order valence-corrected chi connectivity index (χ1v) is 9.51. The Morgan fingerprint density at radius 1 is 1.00 bits per heavy atom. The van der Waals surface area contributed by atoms with E-state index in [1.54, 1.807) is 12.1 Å². The maximum absolute atomic E-state index is 13.0. The summed E-state index contributed by atoms with van der Waals surface area (Å²) in [5.74, 6) is 0.702. The molecule has 3 rings (SSSR count). The summed E-state index contributed by atoms with van der Waals surface area (Å²) in [5, 5.41) is 0. The molecule has 0 N–H and O–H groups in total. The minimum absolute atomic E-state index is 0.141. The summed E-state index contributed by atoms with van der Waals surface area (Å²) < 4.78 is 13.0. The van der Waals surface area contributed by atoms with Crippen molar-refractivity contribution in [1.29, 1.82) is 0 Å². The molecule has 134 valence electrons. The van der Waals surface area contributed by atoms with Gasteiger partial charge in [-0.2, -0.15) is 0 Å². The van der Waals surface area contributed by atoms with Gasteiger partial charge in [-0.15, -0.1) is 0 Å². The van der Waals surface area contributed by atoms with E-state index in [2.05, 4.69) is 28.7 Å². The highest BCUT2D eigenvalue weighted by Crippen LogP contribution is 2.25. The van der Waals surface area contributed by atoms with Crippen LogP contribution in [0.2, 0.25) is 0 Å². The van der Waals surface area contributed by atoms with Crippen LogP contribution in [0.5, 0.6) is 0 Å². The maximum atomic E-state index is 13.0. The predicted octanol–water partition coefficient (Wildman–Crippen LogP) is 2.72. The quantitative estimate of drug-likeness (QED) is 0.820. The van der Waals surface area contributed by atoms with Gasteiger partial charge in [-0.3, -0.25) is 4.90 Å². The van der Waals surface area contributed by atoms with Crippen molar-refractivity contribution in [2.24, 2.45) is 5.92 Å². The summed E-state index contributed by atoms with van der Waals surface area (Å²) >= 11 is 0. The molecule has 0 amide bonds. The Labute approximate surface area is 146 Å². The van der Waals surface area contributed by atoms with Gasteiger partial charge in [0.1, 0.15) is 5.82 Å². The molecule has 4 heteroatoms. The van der Waals surface area contributed by atoms with Crippen molar-refractivity contribution in [3.63, 3.8) is 0 Å². The number of nitrogens with zero attached hydrogens (tertiary/aromatic N) is 3. The number of piperazine rings is 1. The minimum Gasteiger partial charge on any atom is -0.304 e. The van der Waals surface area contributed by atoms with Crippen molar-refractivity contribution < 1.29 is 4.39 Å². The first-order valence-electron chi connectivity index (χ1n) is 9.51. The zero-order valence-corrected chi connectivity index (χ0v) is 15.3. The molecule has 1 aromatic rings. The normalized spacial score (nSPS) is 23.5. The number of piperidine rings is 1. The lowest BCUT2D eigenvalue weighted by Gasteiger charge is -2.42. The van der Waals surface area contributed by atoms with Crippen molar-refractivity contribution in [3.8, 4) is 0 Å². The third kappa shape index (κ3) is 4.78. The number of halogens is 1. The summed E-state index contributed by atoms with van der Waals surface area (Å²) in [6.45, 7) is 10.8. The third-order valence-corrected chi connectivity index (χ3v) is 6.06. The smallest absolute Gasteiger partial charge is 0.123 e. The number of hydrogen-bond donors (Lipinski definition) is 0. The van der Waals surface area contributed by atoms with Crippen LogP contribution >= 0.6 is 0 Å². The van der Waals surface area contributed by atoms with Gasteiger partial charge < -0.3 is 9.80 Å². The van der Waals surface area contributed by atoms with Gasteiger partial charge in [-0.25, -0.2) is 4.39 Å². The first kappa shape index (κ1) is 17.8. The number of likely N-dealkylation sites (tertiary alicyclic amines) is 1. The fraction of sp³-hybridized carbons (Fsp3) is 0.700. The number of likely N-dealkylation sites (N-methyl/N-ethyl adjacent to an activating group) is 1. The van der Waals surface area contributed by atoms with E-state index in [0.717, 1.165) is 24.9 Å². The van der Waals surface area contributed by atoms with Gasteiger partial charge in [0.25, 0.3) is 0 Å². The number of hydrogen-bond acceptors (Lipinski definition) is 3. The molecule has 0 spiro atoms. The van der Waals surface area contributed by atoms with Crippen molar-refractivity contribution in [2.75, 3.05) is 52.9 Å². The highest BCUT2D eigenvalue weighted by Gasteiger charge is 2.28. The van der Waals surface area contributed by atoms with Crippen LogP contribution in [-0.4, -0.2) is 73.6 Å². The summed E-state index contributed by atoms with van der Waals surface area (Å²) in [6, 6.07) is 7.69. The van der Waals surface area contributed by atoms with E-state index in [-0.39, 0.29) is 5.82 Å². The maximum Gasteiger partial charge on any atom is 0.123 e. The van der Waals surface area contributed by atoms with Crippen LogP contribution in [0.25, 0.3) is 0 Å². The van der Waals surface area contributed by atoms with Gasteiger partial charge >= 0.3 is 0 Å². The number of rotatable bonds is 5. The molecule has 1 aromatic carbocycles. The monoisotopic (exact) mass is 333 g/mol. The zero-order valence-electron chi connectivity index (χ0n) is 15.3. The zero-order chi connectivity index (χ0) is 16.9. The van der Waals surface area contributed by atoms with Gasteiger partial charge in [0.2, 0.25) is 0 Å². The lowest BCUT2D eigenvalue weighted by Crippen LogP contribution is -2.51. The minimum atomic E-state index is -0.141. The summed E-state index contributed by atoms with van der Waals surface area (Å²) in [7, 11) is 2.22. The van der Waals surface area contributed by atoms with Crippen LogP contribution in [0, 0.1) is 11.7 Å². The van der Waals surface area contributed by atoms with Crippen LogP contribution in [0.4, 0.5) is 4.39 Å². The molecular weight excluding hydrogens is 301 g/mol. The van der Waals surface area contributed by atoms with E-state index in [0.29, 0.717) is 0 Å². The second kappa shape index (κ2) is 8.41. The molecule has 24 heavy (non-hydrogen) atoms. The van der Waals surface area contributed by atoms with E-state index in [1.165, 1.54) is 57.7 Å². The molecular formula is C20H32FN3. The average molecular weight is 333 g/mol.